The quantitative estimate of drug-likeness (QED) is 0.547. The third kappa shape index (κ3) is 5.13. The molecule has 3 rings (SSSR count). The highest BCUT2D eigenvalue weighted by Crippen LogP contribution is 2.28. The number of hydrogen-bond donors (Lipinski definition) is 0. The lowest BCUT2D eigenvalue weighted by atomic mass is 10.2. The van der Waals surface area contributed by atoms with Crippen molar-refractivity contribution in [1.82, 2.24) is 14.5 Å². The Bertz CT molecular complexity index is 1260. The molecule has 7 nitrogen and oxygen atoms in total. The lowest BCUT2D eigenvalue weighted by molar-refractivity contribution is 0.381. The van der Waals surface area contributed by atoms with E-state index in [9.17, 15) is 22.0 Å². The van der Waals surface area contributed by atoms with Gasteiger partial charge in [0.15, 0.2) is 21.5 Å². The molecule has 2 aromatic heterocycles. The van der Waals surface area contributed by atoms with E-state index in [-0.39, 0.29) is 16.9 Å². The highest BCUT2D eigenvalue weighted by atomic mass is 32.2. The molecule has 0 bridgehead atoms. The predicted molar refractivity (Wildman–Crippen MR) is 112 cm³/mol. The molecule has 1 atom stereocenters. The predicted octanol–water partition coefficient (Wildman–Crippen LogP) is 3.63. The first kappa shape index (κ1) is 22.5. The number of aromatic nitrogens is 3. The third-order valence-electron chi connectivity index (χ3n) is 4.79. The van der Waals surface area contributed by atoms with E-state index >= 15 is 0 Å². The fourth-order valence-electron chi connectivity index (χ4n) is 2.76. The van der Waals surface area contributed by atoms with Gasteiger partial charge in [-0.2, -0.15) is 9.97 Å². The summed E-state index contributed by atoms with van der Waals surface area (Å²) in [5.74, 6) is -3.01. The van der Waals surface area contributed by atoms with Crippen LogP contribution in [0.15, 0.2) is 47.4 Å². The Morgan fingerprint density at radius 1 is 1.13 bits per heavy atom. The van der Waals surface area contributed by atoms with Crippen LogP contribution in [0.4, 0.5) is 8.78 Å². The molecule has 0 amide bonds. The van der Waals surface area contributed by atoms with Gasteiger partial charge in [-0.15, -0.1) is 0 Å². The Kier molecular flexibility index (Phi) is 6.49. The number of benzene rings is 1. The highest BCUT2D eigenvalue weighted by molar-refractivity contribution is 7.91. The van der Waals surface area contributed by atoms with E-state index in [0.717, 1.165) is 12.1 Å². The maximum absolute atomic E-state index is 14.0. The van der Waals surface area contributed by atoms with Gasteiger partial charge in [-0.05, 0) is 37.6 Å². The maximum Gasteiger partial charge on any atom is 0.322 e. The van der Waals surface area contributed by atoms with Gasteiger partial charge in [-0.1, -0.05) is 13.0 Å². The van der Waals surface area contributed by atoms with Gasteiger partial charge in [0.25, 0.3) is 0 Å². The number of pyridine rings is 1. The fraction of sp³-hybridized carbons (Fsp3) is 0.286. The van der Waals surface area contributed by atoms with E-state index in [1.54, 1.807) is 20.9 Å². The summed E-state index contributed by atoms with van der Waals surface area (Å²) in [6.07, 6.45) is 1.93. The van der Waals surface area contributed by atoms with Crippen LogP contribution in [-0.4, -0.2) is 28.2 Å². The summed E-state index contributed by atoms with van der Waals surface area (Å²) >= 11 is 0. The largest absolute Gasteiger partial charge is 0.418 e. The van der Waals surface area contributed by atoms with E-state index in [1.165, 1.54) is 35.0 Å². The number of para-hydroxylation sites is 1. The number of aryl methyl sites for hydroxylation is 1. The minimum Gasteiger partial charge on any atom is -0.418 e. The van der Waals surface area contributed by atoms with Crippen molar-refractivity contribution >= 4 is 9.84 Å². The van der Waals surface area contributed by atoms with Crippen molar-refractivity contribution in [3.8, 4) is 23.0 Å². The monoisotopic (exact) mass is 449 g/mol. The summed E-state index contributed by atoms with van der Waals surface area (Å²) in [5.41, 5.74) is 0.574. The zero-order valence-corrected chi connectivity index (χ0v) is 18.0. The van der Waals surface area contributed by atoms with E-state index in [2.05, 4.69) is 9.97 Å². The molecule has 164 valence electrons. The Hall–Kier alpha value is -3.14. The number of ether oxygens (including phenoxy) is 1. The van der Waals surface area contributed by atoms with Crippen LogP contribution in [0.2, 0.25) is 0 Å². The first-order valence-electron chi connectivity index (χ1n) is 9.49. The second kappa shape index (κ2) is 8.93. The summed E-state index contributed by atoms with van der Waals surface area (Å²) in [6.45, 7) is 3.35. The van der Waals surface area contributed by atoms with E-state index in [0.29, 0.717) is 12.0 Å². The van der Waals surface area contributed by atoms with Gasteiger partial charge in [-0.25, -0.2) is 17.2 Å². The summed E-state index contributed by atoms with van der Waals surface area (Å²) in [5, 5.41) is -0.600. The van der Waals surface area contributed by atoms with Gasteiger partial charge >= 0.3 is 6.01 Å². The van der Waals surface area contributed by atoms with Crippen molar-refractivity contribution in [1.29, 1.82) is 0 Å². The van der Waals surface area contributed by atoms with Gasteiger partial charge in [0, 0.05) is 24.9 Å². The van der Waals surface area contributed by atoms with E-state index in [4.69, 9.17) is 4.74 Å². The highest BCUT2D eigenvalue weighted by Gasteiger charge is 2.22. The van der Waals surface area contributed by atoms with Gasteiger partial charge in [0.2, 0.25) is 11.3 Å². The Morgan fingerprint density at radius 3 is 2.42 bits per heavy atom. The number of halogens is 2. The molecule has 0 aliphatic carbocycles. The van der Waals surface area contributed by atoms with Crippen molar-refractivity contribution in [2.45, 2.75) is 31.3 Å². The zero-order valence-electron chi connectivity index (χ0n) is 17.2. The SMILES string of the molecule is CC[C@@H](C)S(=O)(=O)Cc1cc(-c2ccc(=O)n(C)c2)nc(Oc2c(F)cccc2F)n1. The number of hydrogen-bond acceptors (Lipinski definition) is 6. The average molecular weight is 449 g/mol. The molecule has 3 aromatic rings. The number of nitrogens with zero attached hydrogens (tertiary/aromatic N) is 3. The normalized spacial score (nSPS) is 12.5. The topological polar surface area (TPSA) is 91.2 Å². The van der Waals surface area contributed by atoms with E-state index < -0.39 is 44.2 Å². The van der Waals surface area contributed by atoms with Crippen molar-refractivity contribution in [3.05, 3.63) is 70.3 Å². The number of sulfone groups is 1. The van der Waals surface area contributed by atoms with Crippen molar-refractivity contribution in [3.63, 3.8) is 0 Å². The van der Waals surface area contributed by atoms with Gasteiger partial charge in [0.05, 0.1) is 22.4 Å². The minimum absolute atomic E-state index is 0.103. The smallest absolute Gasteiger partial charge is 0.322 e. The molecule has 0 fully saturated rings. The van der Waals surface area contributed by atoms with Crippen LogP contribution in [0.5, 0.6) is 11.8 Å². The zero-order chi connectivity index (χ0) is 22.8. The van der Waals surface area contributed by atoms with E-state index in [1.807, 2.05) is 0 Å². The van der Waals surface area contributed by atoms with Crippen molar-refractivity contribution < 1.29 is 21.9 Å². The molecule has 0 N–H and O–H groups in total. The Balaban J connectivity index is 2.11. The molecule has 31 heavy (non-hydrogen) atoms. The van der Waals surface area contributed by atoms with Crippen molar-refractivity contribution in [2.75, 3.05) is 0 Å². The average Bonchev–Trinajstić information content (AvgIpc) is 2.71. The molecule has 0 saturated heterocycles. The molecule has 0 radical (unpaired) electrons. The van der Waals surface area contributed by atoms with Crippen molar-refractivity contribution in [2.24, 2.45) is 7.05 Å². The lowest BCUT2D eigenvalue weighted by Crippen LogP contribution is -2.19. The summed E-state index contributed by atoms with van der Waals surface area (Å²) in [4.78, 5) is 19.9. The van der Waals surface area contributed by atoms with Crippen LogP contribution in [-0.2, 0) is 22.6 Å². The van der Waals surface area contributed by atoms with Crippen LogP contribution in [0.1, 0.15) is 26.0 Å². The van der Waals surface area contributed by atoms with Crippen LogP contribution >= 0.6 is 0 Å². The first-order chi connectivity index (χ1) is 14.6. The molecule has 10 heteroatoms. The molecule has 0 spiro atoms. The van der Waals surface area contributed by atoms with Gasteiger partial charge in [0.1, 0.15) is 0 Å². The molecule has 0 aliphatic heterocycles. The fourth-order valence-corrected chi connectivity index (χ4v) is 4.11. The number of rotatable bonds is 7. The summed E-state index contributed by atoms with van der Waals surface area (Å²) in [7, 11) is -1.98. The Morgan fingerprint density at radius 2 is 1.81 bits per heavy atom. The van der Waals surface area contributed by atoms with Gasteiger partial charge < -0.3 is 9.30 Å². The molecule has 0 aliphatic rings. The molecular weight excluding hydrogens is 428 g/mol. The lowest BCUT2D eigenvalue weighted by Gasteiger charge is -2.13. The van der Waals surface area contributed by atoms with Crippen LogP contribution in [0, 0.1) is 11.6 Å². The van der Waals surface area contributed by atoms with Crippen LogP contribution in [0.25, 0.3) is 11.3 Å². The van der Waals surface area contributed by atoms with Crippen LogP contribution < -0.4 is 10.3 Å². The Labute approximate surface area is 178 Å². The minimum atomic E-state index is -3.53. The first-order valence-corrected chi connectivity index (χ1v) is 11.2. The summed E-state index contributed by atoms with van der Waals surface area (Å²) < 4.78 is 59.8. The molecule has 0 unspecified atom stereocenters. The standard InChI is InChI=1S/C21H21F2N3O4S/c1-4-13(2)31(28,29)12-15-10-18(14-8-9-19(27)26(3)11-14)25-21(24-15)30-20-16(22)6-5-7-17(20)23/h5-11,13H,4,12H2,1-3H3/t13-/m1/s1. The summed E-state index contributed by atoms with van der Waals surface area (Å²) in [6, 6.07) is 7.08. The second-order valence-electron chi connectivity index (χ2n) is 7.07. The van der Waals surface area contributed by atoms with Gasteiger partial charge in [-0.3, -0.25) is 4.79 Å². The molecule has 1 aromatic carbocycles. The molecule has 2 heterocycles. The maximum atomic E-state index is 14.0. The molecule has 0 saturated carbocycles. The molecular formula is C21H21F2N3O4S. The second-order valence-corrected chi connectivity index (χ2v) is 9.49. The third-order valence-corrected chi connectivity index (χ3v) is 7.05. The van der Waals surface area contributed by atoms with Crippen LogP contribution in [0.3, 0.4) is 0 Å².